The Hall–Kier alpha value is -3.15. The molecule has 0 bridgehead atoms. The number of rotatable bonds is 4. The Morgan fingerprint density at radius 3 is 2.10 bits per heavy atom. The van der Waals surface area contributed by atoms with Crippen molar-refractivity contribution in [3.05, 3.63) is 99.0 Å². The van der Waals surface area contributed by atoms with Gasteiger partial charge in [-0.1, -0.05) is 53.5 Å². The summed E-state index contributed by atoms with van der Waals surface area (Å²) in [6.45, 7) is -0.0355. The number of nitrogens with zero attached hydrogens (tertiary/aromatic N) is 1. The highest BCUT2D eigenvalue weighted by molar-refractivity contribution is 6.42. The molecule has 0 spiro atoms. The van der Waals surface area contributed by atoms with Crippen LogP contribution in [-0.2, 0) is 11.3 Å². The first kappa shape index (κ1) is 19.2. The number of para-hydroxylation sites is 1. The third-order valence-corrected chi connectivity index (χ3v) is 5.25. The predicted molar refractivity (Wildman–Crippen MR) is 110 cm³/mol. The number of esters is 1. The molecular formula is C22H13Cl2NO4. The number of hydrogen-bond acceptors (Lipinski definition) is 4. The van der Waals surface area contributed by atoms with Crippen molar-refractivity contribution >= 4 is 46.7 Å². The second-order valence-corrected chi connectivity index (χ2v) is 7.15. The monoisotopic (exact) mass is 425 g/mol. The summed E-state index contributed by atoms with van der Waals surface area (Å²) in [5.41, 5.74) is 1.55. The van der Waals surface area contributed by atoms with E-state index in [-0.39, 0.29) is 17.9 Å². The van der Waals surface area contributed by atoms with Gasteiger partial charge in [-0.25, -0.2) is 9.69 Å². The number of carbonyl (C=O) groups excluding carboxylic acids is 3. The van der Waals surface area contributed by atoms with Crippen molar-refractivity contribution in [2.75, 3.05) is 4.90 Å². The van der Waals surface area contributed by atoms with Crippen molar-refractivity contribution < 1.29 is 19.1 Å². The largest absolute Gasteiger partial charge is 0.457 e. The predicted octanol–water partition coefficient (Wildman–Crippen LogP) is 5.15. The third kappa shape index (κ3) is 3.50. The van der Waals surface area contributed by atoms with Crippen LogP contribution in [0.3, 0.4) is 0 Å². The van der Waals surface area contributed by atoms with Crippen molar-refractivity contribution in [2.24, 2.45) is 0 Å². The maximum atomic E-state index is 12.8. The highest BCUT2D eigenvalue weighted by atomic mass is 35.5. The highest BCUT2D eigenvalue weighted by Crippen LogP contribution is 2.31. The van der Waals surface area contributed by atoms with Crippen molar-refractivity contribution in [1.82, 2.24) is 0 Å². The number of amides is 2. The zero-order valence-electron chi connectivity index (χ0n) is 14.9. The maximum Gasteiger partial charge on any atom is 0.340 e. The Balaban J connectivity index is 1.60. The Morgan fingerprint density at radius 1 is 0.828 bits per heavy atom. The summed E-state index contributed by atoms with van der Waals surface area (Å²) in [5, 5.41) is 0.754. The molecule has 4 rings (SSSR count). The third-order valence-electron chi connectivity index (χ3n) is 4.51. The second kappa shape index (κ2) is 7.70. The fourth-order valence-electron chi connectivity index (χ4n) is 3.11. The van der Waals surface area contributed by atoms with Crippen molar-refractivity contribution in [1.29, 1.82) is 0 Å². The molecule has 144 valence electrons. The lowest BCUT2D eigenvalue weighted by atomic mass is 10.1. The summed E-state index contributed by atoms with van der Waals surface area (Å²) in [7, 11) is 0. The van der Waals surface area contributed by atoms with Gasteiger partial charge in [0.05, 0.1) is 32.4 Å². The van der Waals surface area contributed by atoms with Gasteiger partial charge in [0.15, 0.2) is 0 Å². The number of imide groups is 1. The second-order valence-electron chi connectivity index (χ2n) is 6.33. The molecule has 0 aliphatic carbocycles. The minimum absolute atomic E-state index is 0.0355. The van der Waals surface area contributed by atoms with E-state index in [0.29, 0.717) is 26.7 Å². The van der Waals surface area contributed by atoms with E-state index in [1.807, 2.05) is 0 Å². The molecule has 0 radical (unpaired) electrons. The lowest BCUT2D eigenvalue weighted by molar-refractivity contribution is 0.0474. The zero-order valence-corrected chi connectivity index (χ0v) is 16.4. The fraction of sp³-hybridized carbons (Fsp3) is 0.0455. The van der Waals surface area contributed by atoms with E-state index >= 15 is 0 Å². The van der Waals surface area contributed by atoms with Crippen LogP contribution < -0.4 is 4.90 Å². The van der Waals surface area contributed by atoms with E-state index in [2.05, 4.69) is 0 Å². The van der Waals surface area contributed by atoms with Gasteiger partial charge in [-0.15, -0.1) is 0 Å². The molecule has 1 heterocycles. The smallest absolute Gasteiger partial charge is 0.340 e. The van der Waals surface area contributed by atoms with Gasteiger partial charge in [0, 0.05) is 0 Å². The van der Waals surface area contributed by atoms with Crippen LogP contribution in [0.4, 0.5) is 5.69 Å². The Bertz CT molecular complexity index is 1120. The molecule has 0 saturated heterocycles. The summed E-state index contributed by atoms with van der Waals surface area (Å²) in [5.74, 6) is -1.62. The molecule has 1 aliphatic heterocycles. The van der Waals surface area contributed by atoms with Gasteiger partial charge in [-0.05, 0) is 42.0 Å². The van der Waals surface area contributed by atoms with Crippen LogP contribution in [0.25, 0.3) is 0 Å². The molecule has 3 aromatic carbocycles. The van der Waals surface area contributed by atoms with E-state index in [0.717, 1.165) is 4.90 Å². The first-order valence-electron chi connectivity index (χ1n) is 8.65. The summed E-state index contributed by atoms with van der Waals surface area (Å²) in [6, 6.07) is 17.8. The van der Waals surface area contributed by atoms with Gasteiger partial charge in [0.1, 0.15) is 6.61 Å². The molecular weight excluding hydrogens is 413 g/mol. The lowest BCUT2D eigenvalue weighted by Gasteiger charge is -2.17. The number of ether oxygens (including phenoxy) is 1. The van der Waals surface area contributed by atoms with E-state index < -0.39 is 17.8 Å². The van der Waals surface area contributed by atoms with Crippen LogP contribution in [0.2, 0.25) is 10.0 Å². The summed E-state index contributed by atoms with van der Waals surface area (Å²) < 4.78 is 5.37. The van der Waals surface area contributed by atoms with E-state index in [9.17, 15) is 14.4 Å². The minimum Gasteiger partial charge on any atom is -0.457 e. The number of hydrogen-bond donors (Lipinski definition) is 0. The molecule has 0 N–H and O–H groups in total. The van der Waals surface area contributed by atoms with Crippen LogP contribution in [0.15, 0.2) is 66.7 Å². The molecule has 0 aromatic heterocycles. The number of halogens is 2. The molecule has 7 heteroatoms. The Labute approximate surface area is 176 Å². The van der Waals surface area contributed by atoms with Gasteiger partial charge < -0.3 is 4.74 Å². The van der Waals surface area contributed by atoms with Crippen molar-refractivity contribution in [2.45, 2.75) is 6.61 Å². The molecule has 2 amide bonds. The van der Waals surface area contributed by atoms with Crippen LogP contribution >= 0.6 is 23.2 Å². The van der Waals surface area contributed by atoms with Crippen LogP contribution in [-0.4, -0.2) is 17.8 Å². The Kier molecular flexibility index (Phi) is 5.09. The Morgan fingerprint density at radius 2 is 1.45 bits per heavy atom. The van der Waals surface area contributed by atoms with Gasteiger partial charge in [0.2, 0.25) is 0 Å². The van der Waals surface area contributed by atoms with Crippen LogP contribution in [0.1, 0.15) is 36.6 Å². The molecule has 3 aromatic rings. The fourth-order valence-corrected chi connectivity index (χ4v) is 3.43. The summed E-state index contributed by atoms with van der Waals surface area (Å²) >= 11 is 11.9. The number of carbonyl (C=O) groups is 3. The van der Waals surface area contributed by atoms with Gasteiger partial charge >= 0.3 is 5.97 Å². The molecule has 0 atom stereocenters. The number of benzene rings is 3. The van der Waals surface area contributed by atoms with Crippen molar-refractivity contribution in [3.63, 3.8) is 0 Å². The minimum atomic E-state index is -0.664. The van der Waals surface area contributed by atoms with E-state index in [4.69, 9.17) is 27.9 Å². The van der Waals surface area contributed by atoms with Gasteiger partial charge in [-0.2, -0.15) is 0 Å². The average Bonchev–Trinajstić information content (AvgIpc) is 2.99. The first-order chi connectivity index (χ1) is 14.0. The van der Waals surface area contributed by atoms with Gasteiger partial charge in [0.25, 0.3) is 11.8 Å². The quantitative estimate of drug-likeness (QED) is 0.428. The van der Waals surface area contributed by atoms with E-state index in [1.54, 1.807) is 54.6 Å². The average molecular weight is 426 g/mol. The molecule has 0 saturated carbocycles. The molecule has 1 aliphatic rings. The maximum absolute atomic E-state index is 12.8. The molecule has 0 fully saturated rings. The standard InChI is InChI=1S/C22H13Cl2NO4/c23-17-10-9-13(11-18(17)24)12-29-22(28)16-7-3-4-8-19(16)25-20(26)14-5-1-2-6-15(14)21(25)27/h1-11H,12H2. The molecule has 29 heavy (non-hydrogen) atoms. The lowest BCUT2D eigenvalue weighted by Crippen LogP contribution is -2.31. The summed E-state index contributed by atoms with van der Waals surface area (Å²) in [4.78, 5) is 39.2. The van der Waals surface area contributed by atoms with Crippen LogP contribution in [0, 0.1) is 0 Å². The van der Waals surface area contributed by atoms with Gasteiger partial charge in [-0.3, -0.25) is 9.59 Å². The summed E-state index contributed by atoms with van der Waals surface area (Å²) in [6.07, 6.45) is 0. The number of fused-ring (bicyclic) bond motifs is 1. The highest BCUT2D eigenvalue weighted by Gasteiger charge is 2.38. The van der Waals surface area contributed by atoms with E-state index in [1.165, 1.54) is 12.1 Å². The number of anilines is 1. The topological polar surface area (TPSA) is 63.7 Å². The molecule has 0 unspecified atom stereocenters. The van der Waals surface area contributed by atoms with Crippen molar-refractivity contribution in [3.8, 4) is 0 Å². The first-order valence-corrected chi connectivity index (χ1v) is 9.41. The molecule has 5 nitrogen and oxygen atoms in total. The SMILES string of the molecule is O=C(OCc1ccc(Cl)c(Cl)c1)c1ccccc1N1C(=O)c2ccccc2C1=O. The normalized spacial score (nSPS) is 12.8. The zero-order chi connectivity index (χ0) is 20.5. The van der Waals surface area contributed by atoms with Crippen LogP contribution in [0.5, 0.6) is 0 Å².